The van der Waals surface area contributed by atoms with E-state index in [9.17, 15) is 4.79 Å². The molecule has 3 N–H and O–H groups in total. The quantitative estimate of drug-likeness (QED) is 0.729. The summed E-state index contributed by atoms with van der Waals surface area (Å²) in [6, 6.07) is 5.78. The molecular weight excluding hydrogens is 337 g/mol. The Labute approximate surface area is 150 Å². The van der Waals surface area contributed by atoms with Crippen LogP contribution in [0.5, 0.6) is 5.75 Å². The smallest absolute Gasteiger partial charge is 0.224 e. The normalized spacial score (nSPS) is 12.3. The molecule has 132 valence electrons. The third kappa shape index (κ3) is 6.85. The molecule has 1 aromatic rings. The average molecular weight is 364 g/mol. The summed E-state index contributed by atoms with van der Waals surface area (Å²) in [6.45, 7) is 2.31. The molecule has 2 rings (SSSR count). The molecule has 0 saturated heterocycles. The van der Waals surface area contributed by atoms with Crippen molar-refractivity contribution < 1.29 is 9.53 Å². The van der Waals surface area contributed by atoms with E-state index in [1.54, 1.807) is 0 Å². The van der Waals surface area contributed by atoms with Crippen LogP contribution in [-0.2, 0) is 4.79 Å². The number of benzene rings is 1. The van der Waals surface area contributed by atoms with E-state index in [2.05, 4.69) is 10.2 Å². The number of carbonyl (C=O) groups excluding carboxylic acids is 1. The van der Waals surface area contributed by atoms with Gasteiger partial charge in [-0.1, -0.05) is 12.8 Å². The van der Waals surface area contributed by atoms with Crippen molar-refractivity contribution in [3.63, 3.8) is 0 Å². The van der Waals surface area contributed by atoms with Crippen molar-refractivity contribution in [3.8, 4) is 5.75 Å². The minimum Gasteiger partial charge on any atom is -0.490 e. The molecule has 7 heteroatoms. The van der Waals surface area contributed by atoms with Crippen molar-refractivity contribution in [2.75, 3.05) is 37.0 Å². The van der Waals surface area contributed by atoms with E-state index in [0.29, 0.717) is 13.0 Å². The van der Waals surface area contributed by atoms with Crippen molar-refractivity contribution in [3.05, 3.63) is 18.2 Å². The first-order valence-corrected chi connectivity index (χ1v) is 7.68. The Bertz CT molecular complexity index is 486. The maximum Gasteiger partial charge on any atom is 0.224 e. The summed E-state index contributed by atoms with van der Waals surface area (Å²) >= 11 is 0. The fourth-order valence-electron chi connectivity index (χ4n) is 2.44. The molecule has 0 unspecified atom stereocenters. The summed E-state index contributed by atoms with van der Waals surface area (Å²) in [6.07, 6.45) is 4.68. The molecule has 0 radical (unpaired) electrons. The molecule has 0 fully saturated rings. The van der Waals surface area contributed by atoms with Crippen molar-refractivity contribution in [1.29, 1.82) is 0 Å². The highest BCUT2D eigenvalue weighted by atomic mass is 35.5. The zero-order chi connectivity index (χ0) is 15.1. The summed E-state index contributed by atoms with van der Waals surface area (Å²) < 4.78 is 5.59. The molecule has 0 bridgehead atoms. The fraction of sp³-hybridized carbons (Fsp3) is 0.562. The summed E-state index contributed by atoms with van der Waals surface area (Å²) in [4.78, 5) is 14.1. The lowest BCUT2D eigenvalue weighted by molar-refractivity contribution is -0.116. The highest BCUT2D eigenvalue weighted by Gasteiger charge is 2.15. The maximum absolute atomic E-state index is 11.9. The third-order valence-electron chi connectivity index (χ3n) is 3.70. The van der Waals surface area contributed by atoms with E-state index in [-0.39, 0.29) is 30.7 Å². The number of fused-ring (bicyclic) bond motifs is 1. The van der Waals surface area contributed by atoms with Gasteiger partial charge < -0.3 is 20.7 Å². The van der Waals surface area contributed by atoms with Gasteiger partial charge in [-0.15, -0.1) is 24.8 Å². The highest BCUT2D eigenvalue weighted by molar-refractivity contribution is 5.91. The summed E-state index contributed by atoms with van der Waals surface area (Å²) in [5.41, 5.74) is 7.31. The number of amides is 1. The number of nitrogens with two attached hydrogens (primary N) is 1. The number of hydrogen-bond acceptors (Lipinski definition) is 4. The molecule has 0 aromatic heterocycles. The number of likely N-dealkylation sites (N-methyl/N-ethyl adjacent to an activating group) is 1. The first-order valence-electron chi connectivity index (χ1n) is 7.68. The molecule has 0 spiro atoms. The zero-order valence-corrected chi connectivity index (χ0v) is 15.2. The van der Waals surface area contributed by atoms with E-state index in [1.807, 2.05) is 25.2 Å². The molecule has 1 heterocycles. The molecule has 23 heavy (non-hydrogen) atoms. The van der Waals surface area contributed by atoms with Gasteiger partial charge in [0.15, 0.2) is 0 Å². The minimum atomic E-state index is 0. The lowest BCUT2D eigenvalue weighted by atomic mass is 10.1. The van der Waals surface area contributed by atoms with E-state index in [0.717, 1.165) is 55.9 Å². The molecule has 0 aliphatic carbocycles. The standard InChI is InChI=1S/C16H25N3O2.2ClH/c1-19-10-11-21-15-8-7-13(12-14(15)19)18-16(20)6-4-2-3-5-9-17;;/h7-8,12H,2-6,9-11,17H2,1H3,(H,18,20);2*1H. The third-order valence-corrected chi connectivity index (χ3v) is 3.70. The van der Waals surface area contributed by atoms with Gasteiger partial charge in [0.2, 0.25) is 5.91 Å². The van der Waals surface area contributed by atoms with Crippen LogP contribution in [0.2, 0.25) is 0 Å². The molecule has 0 atom stereocenters. The van der Waals surface area contributed by atoms with E-state index in [4.69, 9.17) is 10.5 Å². The number of halogens is 2. The second-order valence-electron chi connectivity index (χ2n) is 5.45. The molecule has 1 aromatic carbocycles. The first-order chi connectivity index (χ1) is 10.2. The fourth-order valence-corrected chi connectivity index (χ4v) is 2.44. The van der Waals surface area contributed by atoms with Crippen molar-refractivity contribution in [2.45, 2.75) is 32.1 Å². The summed E-state index contributed by atoms with van der Waals surface area (Å²) in [7, 11) is 2.03. The van der Waals surface area contributed by atoms with Gasteiger partial charge in [0.1, 0.15) is 12.4 Å². The van der Waals surface area contributed by atoms with Gasteiger partial charge >= 0.3 is 0 Å². The molecule has 0 saturated carbocycles. The van der Waals surface area contributed by atoms with Gasteiger partial charge in [-0.25, -0.2) is 0 Å². The van der Waals surface area contributed by atoms with Crippen molar-refractivity contribution in [1.82, 2.24) is 0 Å². The molecule has 1 amide bonds. The predicted molar refractivity (Wildman–Crippen MR) is 100 cm³/mol. The molecule has 5 nitrogen and oxygen atoms in total. The largest absolute Gasteiger partial charge is 0.490 e. The van der Waals surface area contributed by atoms with Crippen LogP contribution in [-0.4, -0.2) is 32.7 Å². The number of rotatable bonds is 7. The Morgan fingerprint density at radius 3 is 2.74 bits per heavy atom. The molecule has 1 aliphatic heterocycles. The second kappa shape index (κ2) is 11.4. The molecular formula is C16H27Cl2N3O2. The number of nitrogens with zero attached hydrogens (tertiary/aromatic N) is 1. The van der Waals surface area contributed by atoms with Crippen LogP contribution in [0.15, 0.2) is 18.2 Å². The first kappa shape index (κ1) is 21.8. The lowest BCUT2D eigenvalue weighted by Crippen LogP contribution is -2.28. The van der Waals surface area contributed by atoms with Crippen LogP contribution in [0, 0.1) is 0 Å². The number of nitrogens with one attached hydrogen (secondary N) is 1. The minimum absolute atomic E-state index is 0. The predicted octanol–water partition coefficient (Wildman–Crippen LogP) is 3.21. The topological polar surface area (TPSA) is 67.6 Å². The van der Waals surface area contributed by atoms with Crippen molar-refractivity contribution in [2.24, 2.45) is 5.73 Å². The Kier molecular flexibility index (Phi) is 10.8. The van der Waals surface area contributed by atoms with E-state index in [1.165, 1.54) is 0 Å². The van der Waals surface area contributed by atoms with Gasteiger partial charge in [0.25, 0.3) is 0 Å². The van der Waals surface area contributed by atoms with Crippen LogP contribution >= 0.6 is 24.8 Å². The van der Waals surface area contributed by atoms with Gasteiger partial charge in [0.05, 0.1) is 12.2 Å². The Morgan fingerprint density at radius 2 is 2.00 bits per heavy atom. The highest BCUT2D eigenvalue weighted by Crippen LogP contribution is 2.33. The van der Waals surface area contributed by atoms with Gasteiger partial charge in [-0.05, 0) is 37.6 Å². The number of hydrogen-bond donors (Lipinski definition) is 2. The number of ether oxygens (including phenoxy) is 1. The zero-order valence-electron chi connectivity index (χ0n) is 13.5. The van der Waals surface area contributed by atoms with Crippen molar-refractivity contribution >= 4 is 42.1 Å². The lowest BCUT2D eigenvalue weighted by Gasteiger charge is -2.28. The van der Waals surface area contributed by atoms with Crippen LogP contribution < -0.4 is 20.7 Å². The van der Waals surface area contributed by atoms with Crippen LogP contribution in [0.1, 0.15) is 32.1 Å². The van der Waals surface area contributed by atoms with Crippen LogP contribution in [0.25, 0.3) is 0 Å². The Morgan fingerprint density at radius 1 is 1.26 bits per heavy atom. The van der Waals surface area contributed by atoms with Gasteiger partial charge in [-0.3, -0.25) is 4.79 Å². The van der Waals surface area contributed by atoms with Crippen LogP contribution in [0.3, 0.4) is 0 Å². The number of carbonyl (C=O) groups is 1. The molecule has 1 aliphatic rings. The SMILES string of the molecule is CN1CCOc2ccc(NC(=O)CCCCCCN)cc21.Cl.Cl. The van der Waals surface area contributed by atoms with Crippen LogP contribution in [0.4, 0.5) is 11.4 Å². The van der Waals surface area contributed by atoms with E-state index < -0.39 is 0 Å². The van der Waals surface area contributed by atoms with E-state index >= 15 is 0 Å². The number of anilines is 2. The Balaban J connectivity index is 0.00000242. The second-order valence-corrected chi connectivity index (χ2v) is 5.45. The number of unbranched alkanes of at least 4 members (excludes halogenated alkanes) is 3. The van der Waals surface area contributed by atoms with Gasteiger partial charge in [0, 0.05) is 19.2 Å². The average Bonchev–Trinajstić information content (AvgIpc) is 2.48. The summed E-state index contributed by atoms with van der Waals surface area (Å²) in [5.74, 6) is 0.950. The summed E-state index contributed by atoms with van der Waals surface area (Å²) in [5, 5.41) is 2.96. The Hall–Kier alpha value is -1.17. The maximum atomic E-state index is 11.9. The monoisotopic (exact) mass is 363 g/mol. The van der Waals surface area contributed by atoms with Gasteiger partial charge in [-0.2, -0.15) is 0 Å².